The molecule has 2 unspecified atom stereocenters. The fourth-order valence-corrected chi connectivity index (χ4v) is 3.14. The third-order valence-electron chi connectivity index (χ3n) is 4.73. The molecule has 0 aromatic heterocycles. The van der Waals surface area contributed by atoms with Crippen LogP contribution in [-0.2, 0) is 0 Å². The molecule has 2 rings (SSSR count). The minimum Gasteiger partial charge on any atom is -0.328 e. The van der Waals surface area contributed by atoms with Gasteiger partial charge in [-0.25, -0.2) is 0 Å². The van der Waals surface area contributed by atoms with Crippen LogP contribution in [0.5, 0.6) is 0 Å². The summed E-state index contributed by atoms with van der Waals surface area (Å²) in [4.78, 5) is 2.44. The summed E-state index contributed by atoms with van der Waals surface area (Å²) in [6, 6.07) is 1.11. The number of piperidine rings is 1. The van der Waals surface area contributed by atoms with Gasteiger partial charge in [0, 0.05) is 18.6 Å². The molecular weight excluding hydrogens is 210 g/mol. The predicted octanol–water partition coefficient (Wildman–Crippen LogP) is 1.58. The van der Waals surface area contributed by atoms with Crippen molar-refractivity contribution in [1.29, 1.82) is 0 Å². The molecule has 0 aromatic carbocycles. The van der Waals surface area contributed by atoms with Crippen molar-refractivity contribution in [2.24, 2.45) is 11.1 Å². The van der Waals surface area contributed by atoms with E-state index >= 15 is 0 Å². The van der Waals surface area contributed by atoms with Gasteiger partial charge < -0.3 is 16.0 Å². The monoisotopic (exact) mass is 239 g/mol. The van der Waals surface area contributed by atoms with Crippen LogP contribution in [0.4, 0.5) is 0 Å². The SMILES string of the molecule is CN1CCC(C)(CNC2CCCC(N)C2)CC1. The first-order valence-corrected chi connectivity index (χ1v) is 7.25. The molecule has 2 aliphatic rings. The Hall–Kier alpha value is -0.120. The van der Waals surface area contributed by atoms with Gasteiger partial charge in [-0.1, -0.05) is 13.3 Å². The zero-order valence-electron chi connectivity index (χ0n) is 11.5. The van der Waals surface area contributed by atoms with Crippen molar-refractivity contribution >= 4 is 0 Å². The van der Waals surface area contributed by atoms with Crippen LogP contribution in [0.15, 0.2) is 0 Å². The van der Waals surface area contributed by atoms with Gasteiger partial charge in [-0.15, -0.1) is 0 Å². The molecule has 1 aliphatic carbocycles. The second kappa shape index (κ2) is 5.68. The second-order valence-electron chi connectivity index (χ2n) is 6.62. The molecule has 0 aromatic rings. The van der Waals surface area contributed by atoms with Crippen molar-refractivity contribution in [2.75, 3.05) is 26.7 Å². The van der Waals surface area contributed by atoms with Crippen LogP contribution in [0.25, 0.3) is 0 Å². The molecule has 1 heterocycles. The molecule has 0 amide bonds. The standard InChI is InChI=1S/C14H29N3/c1-14(6-8-17(2)9-7-14)11-16-13-5-3-4-12(15)10-13/h12-13,16H,3-11,15H2,1-2H3. The fourth-order valence-electron chi connectivity index (χ4n) is 3.14. The molecule has 1 aliphatic heterocycles. The van der Waals surface area contributed by atoms with E-state index in [9.17, 15) is 0 Å². The number of rotatable bonds is 3. The molecule has 0 spiro atoms. The zero-order chi connectivity index (χ0) is 12.3. The Kier molecular flexibility index (Phi) is 4.45. The van der Waals surface area contributed by atoms with Crippen LogP contribution in [0, 0.1) is 5.41 Å². The average Bonchev–Trinajstić information content (AvgIpc) is 2.31. The first-order valence-electron chi connectivity index (χ1n) is 7.25. The lowest BCUT2D eigenvalue weighted by molar-refractivity contribution is 0.130. The quantitative estimate of drug-likeness (QED) is 0.785. The van der Waals surface area contributed by atoms with Gasteiger partial charge in [0.25, 0.3) is 0 Å². The van der Waals surface area contributed by atoms with E-state index in [4.69, 9.17) is 5.73 Å². The maximum Gasteiger partial charge on any atom is 0.00820 e. The normalized spacial score (nSPS) is 34.8. The second-order valence-corrected chi connectivity index (χ2v) is 6.62. The summed E-state index contributed by atoms with van der Waals surface area (Å²) in [5, 5.41) is 3.78. The number of nitrogens with one attached hydrogen (secondary N) is 1. The van der Waals surface area contributed by atoms with Gasteiger partial charge >= 0.3 is 0 Å². The van der Waals surface area contributed by atoms with E-state index in [-0.39, 0.29) is 0 Å². The van der Waals surface area contributed by atoms with Crippen LogP contribution >= 0.6 is 0 Å². The van der Waals surface area contributed by atoms with Crippen LogP contribution in [-0.4, -0.2) is 43.7 Å². The topological polar surface area (TPSA) is 41.3 Å². The highest BCUT2D eigenvalue weighted by Crippen LogP contribution is 2.30. The third-order valence-corrected chi connectivity index (χ3v) is 4.73. The lowest BCUT2D eigenvalue weighted by Crippen LogP contribution is -2.47. The van der Waals surface area contributed by atoms with E-state index in [0.29, 0.717) is 17.5 Å². The number of hydrogen-bond donors (Lipinski definition) is 2. The molecule has 3 nitrogen and oxygen atoms in total. The number of nitrogens with two attached hydrogens (primary N) is 1. The Balaban J connectivity index is 1.73. The summed E-state index contributed by atoms with van der Waals surface area (Å²) < 4.78 is 0. The summed E-state index contributed by atoms with van der Waals surface area (Å²) in [7, 11) is 2.23. The van der Waals surface area contributed by atoms with Crippen molar-refractivity contribution in [3.05, 3.63) is 0 Å². The molecule has 17 heavy (non-hydrogen) atoms. The molecule has 100 valence electrons. The maximum absolute atomic E-state index is 6.04. The highest BCUT2D eigenvalue weighted by atomic mass is 15.1. The summed E-state index contributed by atoms with van der Waals surface area (Å²) in [6.45, 7) is 6.12. The van der Waals surface area contributed by atoms with Gasteiger partial charge in [0.15, 0.2) is 0 Å². The Labute approximate surface area is 106 Å². The van der Waals surface area contributed by atoms with Crippen LogP contribution < -0.4 is 11.1 Å². The largest absolute Gasteiger partial charge is 0.328 e. The average molecular weight is 239 g/mol. The lowest BCUT2D eigenvalue weighted by Gasteiger charge is -2.39. The zero-order valence-corrected chi connectivity index (χ0v) is 11.5. The van der Waals surface area contributed by atoms with Gasteiger partial charge in [-0.3, -0.25) is 0 Å². The summed E-state index contributed by atoms with van der Waals surface area (Å²) >= 11 is 0. The summed E-state index contributed by atoms with van der Waals surface area (Å²) in [6.07, 6.45) is 7.68. The van der Waals surface area contributed by atoms with E-state index in [1.807, 2.05) is 0 Å². The molecule has 2 atom stereocenters. The predicted molar refractivity (Wildman–Crippen MR) is 73.1 cm³/mol. The van der Waals surface area contributed by atoms with Gasteiger partial charge in [0.05, 0.1) is 0 Å². The molecule has 2 fully saturated rings. The maximum atomic E-state index is 6.04. The fraction of sp³-hybridized carbons (Fsp3) is 1.00. The van der Waals surface area contributed by atoms with Gasteiger partial charge in [0.1, 0.15) is 0 Å². The van der Waals surface area contributed by atoms with E-state index < -0.39 is 0 Å². The van der Waals surface area contributed by atoms with Crippen LogP contribution in [0.2, 0.25) is 0 Å². The molecule has 0 radical (unpaired) electrons. The minimum atomic E-state index is 0.437. The van der Waals surface area contributed by atoms with Gasteiger partial charge in [0.2, 0.25) is 0 Å². The minimum absolute atomic E-state index is 0.437. The van der Waals surface area contributed by atoms with Crippen molar-refractivity contribution < 1.29 is 0 Å². The highest BCUT2D eigenvalue weighted by Gasteiger charge is 2.30. The Bertz CT molecular complexity index is 234. The van der Waals surface area contributed by atoms with Crippen LogP contribution in [0.1, 0.15) is 45.4 Å². The van der Waals surface area contributed by atoms with Crippen molar-refractivity contribution in [3.63, 3.8) is 0 Å². The van der Waals surface area contributed by atoms with Gasteiger partial charge in [-0.2, -0.15) is 0 Å². The summed E-state index contributed by atoms with van der Waals surface area (Å²) in [5.74, 6) is 0. The van der Waals surface area contributed by atoms with Crippen LogP contribution in [0.3, 0.4) is 0 Å². The Morgan fingerprint density at radius 1 is 1.29 bits per heavy atom. The smallest absolute Gasteiger partial charge is 0.00820 e. The summed E-state index contributed by atoms with van der Waals surface area (Å²) in [5.41, 5.74) is 6.55. The van der Waals surface area contributed by atoms with E-state index in [2.05, 4.69) is 24.2 Å². The molecular formula is C14H29N3. The third kappa shape index (κ3) is 3.94. The van der Waals surface area contributed by atoms with E-state index in [1.54, 1.807) is 0 Å². The lowest BCUT2D eigenvalue weighted by atomic mass is 9.80. The van der Waals surface area contributed by atoms with E-state index in [1.165, 1.54) is 58.2 Å². The van der Waals surface area contributed by atoms with Gasteiger partial charge in [-0.05, 0) is 57.7 Å². The number of hydrogen-bond acceptors (Lipinski definition) is 3. The Morgan fingerprint density at radius 3 is 2.65 bits per heavy atom. The molecule has 1 saturated carbocycles. The first kappa shape index (κ1) is 13.3. The molecule has 1 saturated heterocycles. The molecule has 0 bridgehead atoms. The first-order chi connectivity index (χ1) is 8.07. The van der Waals surface area contributed by atoms with Crippen molar-refractivity contribution in [2.45, 2.75) is 57.5 Å². The molecule has 3 heteroatoms. The van der Waals surface area contributed by atoms with E-state index in [0.717, 1.165) is 0 Å². The Morgan fingerprint density at radius 2 is 2.00 bits per heavy atom. The highest BCUT2D eigenvalue weighted by molar-refractivity contribution is 4.86. The van der Waals surface area contributed by atoms with Crippen molar-refractivity contribution in [1.82, 2.24) is 10.2 Å². The number of likely N-dealkylation sites (tertiary alicyclic amines) is 1. The van der Waals surface area contributed by atoms with Crippen molar-refractivity contribution in [3.8, 4) is 0 Å². The molecule has 3 N–H and O–H groups in total. The number of nitrogens with zero attached hydrogens (tertiary/aromatic N) is 1.